The zero-order valence-corrected chi connectivity index (χ0v) is 12.3. The van der Waals surface area contributed by atoms with Crippen molar-refractivity contribution in [3.8, 4) is 5.75 Å². The number of benzene rings is 1. The van der Waals surface area contributed by atoms with Crippen LogP contribution in [0.3, 0.4) is 0 Å². The Morgan fingerprint density at radius 3 is 1.83 bits per heavy atom. The van der Waals surface area contributed by atoms with Crippen molar-refractivity contribution in [2.75, 3.05) is 11.9 Å². The molecule has 1 rings (SSSR count). The van der Waals surface area contributed by atoms with Gasteiger partial charge in [-0.25, -0.2) is 0 Å². The molecule has 0 heterocycles. The maximum atomic E-state index is 13.0. The Balaban J connectivity index is 3.12. The summed E-state index contributed by atoms with van der Waals surface area (Å²) in [6.07, 6.45) is -13.0. The number of hydrogen-bond acceptors (Lipinski definition) is 2. The molecule has 0 unspecified atom stereocenters. The molecular formula is C14H15F6NO2. The lowest BCUT2D eigenvalue weighted by atomic mass is 9.82. The smallest absolute Gasteiger partial charge is 0.412 e. The molecule has 0 fully saturated rings. The van der Waals surface area contributed by atoms with Gasteiger partial charge in [-0.05, 0) is 37.6 Å². The Morgan fingerprint density at radius 2 is 1.48 bits per heavy atom. The normalized spacial score (nSPS) is 12.9. The third-order valence-corrected chi connectivity index (χ3v) is 3.31. The van der Waals surface area contributed by atoms with Gasteiger partial charge in [0, 0.05) is 5.69 Å². The van der Waals surface area contributed by atoms with Crippen molar-refractivity contribution in [2.24, 2.45) is 5.41 Å². The lowest BCUT2D eigenvalue weighted by Gasteiger charge is -2.34. The van der Waals surface area contributed by atoms with Gasteiger partial charge in [0.2, 0.25) is 11.3 Å². The van der Waals surface area contributed by atoms with Crippen molar-refractivity contribution in [3.05, 3.63) is 24.3 Å². The average Bonchev–Trinajstić information content (AvgIpc) is 2.39. The monoisotopic (exact) mass is 343 g/mol. The molecule has 0 atom stereocenters. The number of nitrogens with one attached hydrogen (secondary N) is 1. The van der Waals surface area contributed by atoms with Crippen LogP contribution in [-0.2, 0) is 4.79 Å². The largest absolute Gasteiger partial charge is 0.494 e. The van der Waals surface area contributed by atoms with Crippen molar-refractivity contribution in [3.63, 3.8) is 0 Å². The molecule has 3 nitrogen and oxygen atoms in total. The van der Waals surface area contributed by atoms with Gasteiger partial charge >= 0.3 is 12.4 Å². The molecule has 1 aromatic carbocycles. The maximum absolute atomic E-state index is 13.0. The van der Waals surface area contributed by atoms with Gasteiger partial charge in [0.25, 0.3) is 0 Å². The molecule has 0 spiro atoms. The van der Waals surface area contributed by atoms with Crippen LogP contribution in [0.15, 0.2) is 24.3 Å². The van der Waals surface area contributed by atoms with E-state index in [2.05, 4.69) is 0 Å². The van der Waals surface area contributed by atoms with Gasteiger partial charge in [0.1, 0.15) is 5.75 Å². The van der Waals surface area contributed by atoms with E-state index in [1.165, 1.54) is 12.1 Å². The summed E-state index contributed by atoms with van der Waals surface area (Å²) in [6.45, 7) is 2.71. The van der Waals surface area contributed by atoms with E-state index in [0.29, 0.717) is 19.3 Å². The van der Waals surface area contributed by atoms with Crippen LogP contribution < -0.4 is 10.1 Å². The summed E-state index contributed by atoms with van der Waals surface area (Å²) in [5.41, 5.74) is -4.65. The van der Waals surface area contributed by atoms with Crippen LogP contribution >= 0.6 is 0 Å². The highest BCUT2D eigenvalue weighted by atomic mass is 19.4. The Bertz CT molecular complexity index is 522. The van der Waals surface area contributed by atoms with E-state index in [0.717, 1.165) is 12.1 Å². The fraction of sp³-hybridized carbons (Fsp3) is 0.500. The van der Waals surface area contributed by atoms with Gasteiger partial charge in [-0.15, -0.1) is 0 Å². The predicted molar refractivity (Wildman–Crippen MR) is 71.1 cm³/mol. The highest BCUT2D eigenvalue weighted by Crippen LogP contribution is 2.53. The van der Waals surface area contributed by atoms with E-state index in [1.54, 1.807) is 12.2 Å². The summed E-state index contributed by atoms with van der Waals surface area (Å²) in [5, 5.41) is 1.68. The Morgan fingerprint density at radius 1 is 1.00 bits per heavy atom. The minimum absolute atomic E-state index is 0.190. The second-order valence-corrected chi connectivity index (χ2v) is 4.67. The summed E-state index contributed by atoms with van der Waals surface area (Å²) in [7, 11) is 0. The van der Waals surface area contributed by atoms with E-state index in [1.807, 2.05) is 0 Å². The molecule has 1 N–H and O–H groups in total. The number of alkyl halides is 6. The lowest BCUT2D eigenvalue weighted by Crippen LogP contribution is -2.57. The lowest BCUT2D eigenvalue weighted by molar-refractivity contribution is -0.324. The van der Waals surface area contributed by atoms with Gasteiger partial charge in [0.15, 0.2) is 0 Å². The molecule has 0 aromatic heterocycles. The van der Waals surface area contributed by atoms with Crippen molar-refractivity contribution >= 4 is 11.6 Å². The molecule has 0 aliphatic rings. The molecule has 0 aliphatic carbocycles. The third kappa shape index (κ3) is 3.70. The van der Waals surface area contributed by atoms with Crippen molar-refractivity contribution < 1.29 is 35.9 Å². The maximum Gasteiger partial charge on any atom is 0.412 e. The molecule has 9 heteroatoms. The highest BCUT2D eigenvalue weighted by molar-refractivity contribution is 5.96. The minimum Gasteiger partial charge on any atom is -0.494 e. The summed E-state index contributed by atoms with van der Waals surface area (Å²) >= 11 is 0. The first kappa shape index (κ1) is 19.1. The van der Waals surface area contributed by atoms with Crippen molar-refractivity contribution in [1.82, 2.24) is 0 Å². The number of halogens is 6. The van der Waals surface area contributed by atoms with Crippen LogP contribution in [0.2, 0.25) is 0 Å². The van der Waals surface area contributed by atoms with Crippen LogP contribution in [0.4, 0.5) is 32.0 Å². The molecule has 130 valence electrons. The standard InChI is InChI=1S/C14H15F6NO2/c1-3-12(13(15,16)17,14(18,19)20)11(22)21-9-5-7-10(8-6-9)23-4-2/h5-8H,3-4H2,1-2H3,(H,21,22). The molecule has 0 saturated heterocycles. The first-order valence-electron chi connectivity index (χ1n) is 6.67. The van der Waals surface area contributed by atoms with E-state index in [9.17, 15) is 31.1 Å². The molecule has 23 heavy (non-hydrogen) atoms. The molecule has 0 bridgehead atoms. The molecule has 1 amide bonds. The first-order valence-corrected chi connectivity index (χ1v) is 6.67. The average molecular weight is 343 g/mol. The number of rotatable bonds is 5. The highest BCUT2D eigenvalue weighted by Gasteiger charge is 2.74. The number of anilines is 1. The fourth-order valence-corrected chi connectivity index (χ4v) is 2.02. The second-order valence-electron chi connectivity index (χ2n) is 4.67. The van der Waals surface area contributed by atoms with Gasteiger partial charge < -0.3 is 10.1 Å². The van der Waals surface area contributed by atoms with Gasteiger partial charge in [-0.2, -0.15) is 26.3 Å². The van der Waals surface area contributed by atoms with E-state index in [4.69, 9.17) is 4.74 Å². The van der Waals surface area contributed by atoms with Crippen LogP contribution in [0.1, 0.15) is 20.3 Å². The fourth-order valence-electron chi connectivity index (χ4n) is 2.02. The van der Waals surface area contributed by atoms with Crippen LogP contribution in [0.5, 0.6) is 5.75 Å². The van der Waals surface area contributed by atoms with E-state index in [-0.39, 0.29) is 5.69 Å². The zero-order valence-electron chi connectivity index (χ0n) is 12.3. The Hall–Kier alpha value is -1.93. The summed E-state index contributed by atoms with van der Waals surface area (Å²) in [6, 6.07) is 4.98. The first-order chi connectivity index (χ1) is 10.5. The van der Waals surface area contributed by atoms with E-state index < -0.39 is 30.1 Å². The number of carbonyl (C=O) groups excluding carboxylic acids is 1. The third-order valence-electron chi connectivity index (χ3n) is 3.31. The zero-order chi connectivity index (χ0) is 17.9. The number of carbonyl (C=O) groups is 1. The van der Waals surface area contributed by atoms with E-state index >= 15 is 0 Å². The Kier molecular flexibility index (Phi) is 5.55. The number of amides is 1. The van der Waals surface area contributed by atoms with Gasteiger partial charge in [0.05, 0.1) is 6.61 Å². The van der Waals surface area contributed by atoms with Gasteiger partial charge in [-0.1, -0.05) is 6.92 Å². The number of hydrogen-bond donors (Lipinski definition) is 1. The van der Waals surface area contributed by atoms with Crippen LogP contribution in [0.25, 0.3) is 0 Å². The summed E-state index contributed by atoms with van der Waals surface area (Å²) < 4.78 is 83.0. The summed E-state index contributed by atoms with van der Waals surface area (Å²) in [4.78, 5) is 11.8. The Labute approximate surface area is 128 Å². The van der Waals surface area contributed by atoms with Crippen molar-refractivity contribution in [1.29, 1.82) is 0 Å². The topological polar surface area (TPSA) is 38.3 Å². The molecule has 0 radical (unpaired) electrons. The molecular weight excluding hydrogens is 328 g/mol. The van der Waals surface area contributed by atoms with Crippen molar-refractivity contribution in [2.45, 2.75) is 32.6 Å². The minimum atomic E-state index is -5.77. The van der Waals surface area contributed by atoms with Crippen LogP contribution in [0, 0.1) is 5.41 Å². The molecule has 1 aromatic rings. The van der Waals surface area contributed by atoms with Gasteiger partial charge in [-0.3, -0.25) is 4.79 Å². The predicted octanol–water partition coefficient (Wildman–Crippen LogP) is 4.54. The SMILES string of the molecule is CCOc1ccc(NC(=O)C(CC)(C(F)(F)F)C(F)(F)F)cc1. The van der Waals surface area contributed by atoms with Crippen LogP contribution in [-0.4, -0.2) is 24.9 Å². The molecule has 0 saturated carbocycles. The molecule has 0 aliphatic heterocycles. The second kappa shape index (κ2) is 6.67. The quantitative estimate of drug-likeness (QED) is 0.797. The number of ether oxygens (including phenoxy) is 1. The summed E-state index contributed by atoms with van der Waals surface area (Å²) in [5.74, 6) is -1.79.